The van der Waals surface area contributed by atoms with Crippen LogP contribution in [0.3, 0.4) is 0 Å². The molecule has 1 fully saturated rings. The van der Waals surface area contributed by atoms with Gasteiger partial charge in [-0.15, -0.1) is 0 Å². The number of hydrogen-bond acceptors (Lipinski definition) is 4. The molecule has 0 bridgehead atoms. The van der Waals surface area contributed by atoms with Crippen LogP contribution in [-0.4, -0.2) is 42.6 Å². The zero-order valence-electron chi connectivity index (χ0n) is 10.4. The van der Waals surface area contributed by atoms with Crippen molar-refractivity contribution >= 4 is 5.91 Å². The molecule has 2 rings (SSSR count). The summed E-state index contributed by atoms with van der Waals surface area (Å²) < 4.78 is 4.92. The van der Waals surface area contributed by atoms with Crippen LogP contribution in [-0.2, 0) is 0 Å². The summed E-state index contributed by atoms with van der Waals surface area (Å²) >= 11 is 0. The van der Waals surface area contributed by atoms with E-state index in [0.29, 0.717) is 17.4 Å². The first kappa shape index (κ1) is 12.1. The van der Waals surface area contributed by atoms with Crippen LogP contribution >= 0.6 is 0 Å². The second-order valence-corrected chi connectivity index (χ2v) is 4.72. The molecular formula is C12H19N3O2. The van der Waals surface area contributed by atoms with Crippen LogP contribution in [0.15, 0.2) is 10.6 Å². The molecule has 5 heteroatoms. The predicted molar refractivity (Wildman–Crippen MR) is 63.8 cm³/mol. The number of piperidine rings is 1. The van der Waals surface area contributed by atoms with E-state index in [-0.39, 0.29) is 5.91 Å². The average molecular weight is 237 g/mol. The van der Waals surface area contributed by atoms with E-state index in [2.05, 4.69) is 10.5 Å². The third-order valence-corrected chi connectivity index (χ3v) is 3.12. The number of aromatic nitrogens is 1. The highest BCUT2D eigenvalue weighted by atomic mass is 16.5. The lowest BCUT2D eigenvalue weighted by molar-refractivity contribution is 0.0754. The van der Waals surface area contributed by atoms with Crippen molar-refractivity contribution < 1.29 is 9.32 Å². The Bertz CT molecular complexity index is 383. The van der Waals surface area contributed by atoms with Crippen molar-refractivity contribution in [2.45, 2.75) is 19.8 Å². The number of aryl methyl sites for hydroxylation is 1. The zero-order valence-corrected chi connectivity index (χ0v) is 10.4. The summed E-state index contributed by atoms with van der Waals surface area (Å²) in [4.78, 5) is 13.7. The van der Waals surface area contributed by atoms with Gasteiger partial charge >= 0.3 is 0 Å². The van der Waals surface area contributed by atoms with Crippen LogP contribution in [0.25, 0.3) is 0 Å². The Labute approximate surface area is 101 Å². The third-order valence-electron chi connectivity index (χ3n) is 3.12. The maximum absolute atomic E-state index is 12.0. The van der Waals surface area contributed by atoms with Gasteiger partial charge in [0.05, 0.1) is 0 Å². The molecule has 1 aromatic heterocycles. The fourth-order valence-electron chi connectivity index (χ4n) is 2.21. The lowest BCUT2D eigenvalue weighted by atomic mass is 9.99. The molecule has 1 atom stereocenters. The van der Waals surface area contributed by atoms with Crippen LogP contribution in [0, 0.1) is 12.8 Å². The number of nitrogens with zero attached hydrogens (tertiary/aromatic N) is 2. The Hall–Kier alpha value is -1.36. The Morgan fingerprint density at radius 3 is 3.12 bits per heavy atom. The molecule has 2 heterocycles. The number of carbonyl (C=O) groups excluding carboxylic acids is 1. The molecule has 0 aromatic carbocycles. The van der Waals surface area contributed by atoms with Gasteiger partial charge < -0.3 is 14.7 Å². The molecule has 1 N–H and O–H groups in total. The highest BCUT2D eigenvalue weighted by Crippen LogP contribution is 2.13. The fourth-order valence-corrected chi connectivity index (χ4v) is 2.21. The molecule has 1 unspecified atom stereocenters. The van der Waals surface area contributed by atoms with Gasteiger partial charge in [0, 0.05) is 19.7 Å². The molecule has 1 aliphatic rings. The van der Waals surface area contributed by atoms with Crippen molar-refractivity contribution in [2.75, 3.05) is 26.7 Å². The molecule has 1 aromatic rings. The van der Waals surface area contributed by atoms with E-state index in [9.17, 15) is 4.79 Å². The van der Waals surface area contributed by atoms with E-state index in [0.717, 1.165) is 19.6 Å². The SMILES string of the molecule is Cc1cc(C(=O)N(C)CC2CCCNC2)no1. The van der Waals surface area contributed by atoms with E-state index in [4.69, 9.17) is 4.52 Å². The highest BCUT2D eigenvalue weighted by Gasteiger charge is 2.20. The lowest BCUT2D eigenvalue weighted by Crippen LogP contribution is -2.39. The van der Waals surface area contributed by atoms with Crippen molar-refractivity contribution in [3.05, 3.63) is 17.5 Å². The minimum Gasteiger partial charge on any atom is -0.361 e. The summed E-state index contributed by atoms with van der Waals surface area (Å²) in [6, 6.07) is 1.68. The van der Waals surface area contributed by atoms with Gasteiger partial charge in [-0.2, -0.15) is 0 Å². The quantitative estimate of drug-likeness (QED) is 0.854. The van der Waals surface area contributed by atoms with Crippen molar-refractivity contribution in [3.8, 4) is 0 Å². The van der Waals surface area contributed by atoms with Gasteiger partial charge in [-0.25, -0.2) is 0 Å². The second-order valence-electron chi connectivity index (χ2n) is 4.72. The maximum Gasteiger partial charge on any atom is 0.275 e. The zero-order chi connectivity index (χ0) is 12.3. The summed E-state index contributed by atoms with van der Waals surface area (Å²) in [6.45, 7) is 4.65. The minimum atomic E-state index is -0.0626. The maximum atomic E-state index is 12.0. The Balaban J connectivity index is 1.90. The summed E-state index contributed by atoms with van der Waals surface area (Å²) in [5, 5.41) is 7.10. The Morgan fingerprint density at radius 2 is 2.53 bits per heavy atom. The number of amides is 1. The first-order valence-electron chi connectivity index (χ1n) is 6.06. The lowest BCUT2D eigenvalue weighted by Gasteiger charge is -2.27. The van der Waals surface area contributed by atoms with E-state index in [1.54, 1.807) is 17.9 Å². The van der Waals surface area contributed by atoms with Gasteiger partial charge in [-0.1, -0.05) is 5.16 Å². The Morgan fingerprint density at radius 1 is 1.71 bits per heavy atom. The minimum absolute atomic E-state index is 0.0626. The van der Waals surface area contributed by atoms with Gasteiger partial charge in [0.2, 0.25) is 0 Å². The van der Waals surface area contributed by atoms with E-state index in [1.807, 2.05) is 7.05 Å². The standard InChI is InChI=1S/C12H19N3O2/c1-9-6-11(14-17-9)12(16)15(2)8-10-4-3-5-13-7-10/h6,10,13H,3-5,7-8H2,1-2H3. The number of carbonyl (C=O) groups is 1. The fraction of sp³-hybridized carbons (Fsp3) is 0.667. The first-order chi connectivity index (χ1) is 8.16. The first-order valence-corrected chi connectivity index (χ1v) is 6.06. The smallest absolute Gasteiger partial charge is 0.275 e. The van der Waals surface area contributed by atoms with Crippen molar-refractivity contribution in [1.29, 1.82) is 0 Å². The van der Waals surface area contributed by atoms with Gasteiger partial charge in [0.25, 0.3) is 5.91 Å². The molecule has 1 amide bonds. The van der Waals surface area contributed by atoms with E-state index >= 15 is 0 Å². The van der Waals surface area contributed by atoms with Crippen LogP contribution in [0.2, 0.25) is 0 Å². The summed E-state index contributed by atoms with van der Waals surface area (Å²) in [6.07, 6.45) is 2.37. The van der Waals surface area contributed by atoms with Gasteiger partial charge in [0.1, 0.15) is 5.76 Å². The normalized spacial score (nSPS) is 20.2. The van der Waals surface area contributed by atoms with Gasteiger partial charge in [-0.05, 0) is 38.8 Å². The summed E-state index contributed by atoms with van der Waals surface area (Å²) in [7, 11) is 1.82. The number of rotatable bonds is 3. The monoisotopic (exact) mass is 237 g/mol. The molecule has 0 saturated carbocycles. The second kappa shape index (κ2) is 5.31. The number of nitrogens with one attached hydrogen (secondary N) is 1. The molecule has 1 saturated heterocycles. The predicted octanol–water partition coefficient (Wildman–Crippen LogP) is 1.05. The average Bonchev–Trinajstić information content (AvgIpc) is 2.76. The van der Waals surface area contributed by atoms with Gasteiger partial charge in [-0.3, -0.25) is 4.79 Å². The number of hydrogen-bond donors (Lipinski definition) is 1. The Kier molecular flexibility index (Phi) is 3.78. The third kappa shape index (κ3) is 3.06. The molecule has 1 aliphatic heterocycles. The molecular weight excluding hydrogens is 218 g/mol. The summed E-state index contributed by atoms with van der Waals surface area (Å²) in [5.74, 6) is 1.15. The van der Waals surface area contributed by atoms with Crippen LogP contribution < -0.4 is 5.32 Å². The molecule has 0 aliphatic carbocycles. The van der Waals surface area contributed by atoms with Crippen molar-refractivity contribution in [2.24, 2.45) is 5.92 Å². The molecule has 0 radical (unpaired) electrons. The molecule has 0 spiro atoms. The van der Waals surface area contributed by atoms with Crippen molar-refractivity contribution in [3.63, 3.8) is 0 Å². The molecule has 5 nitrogen and oxygen atoms in total. The topological polar surface area (TPSA) is 58.4 Å². The summed E-state index contributed by atoms with van der Waals surface area (Å²) in [5.41, 5.74) is 0.397. The van der Waals surface area contributed by atoms with Crippen LogP contribution in [0.4, 0.5) is 0 Å². The largest absolute Gasteiger partial charge is 0.361 e. The molecule has 17 heavy (non-hydrogen) atoms. The van der Waals surface area contributed by atoms with Crippen LogP contribution in [0.5, 0.6) is 0 Å². The molecule has 94 valence electrons. The van der Waals surface area contributed by atoms with E-state index < -0.39 is 0 Å². The van der Waals surface area contributed by atoms with Crippen LogP contribution in [0.1, 0.15) is 29.1 Å². The van der Waals surface area contributed by atoms with Crippen molar-refractivity contribution in [1.82, 2.24) is 15.4 Å². The van der Waals surface area contributed by atoms with Gasteiger partial charge in [0.15, 0.2) is 5.69 Å². The van der Waals surface area contributed by atoms with E-state index in [1.165, 1.54) is 12.8 Å². The highest BCUT2D eigenvalue weighted by molar-refractivity contribution is 5.92.